The molecule has 1 aliphatic rings. The Labute approximate surface area is 127 Å². The third-order valence-corrected chi connectivity index (χ3v) is 4.32. The lowest BCUT2D eigenvalue weighted by Gasteiger charge is -2.34. The van der Waals surface area contributed by atoms with Gasteiger partial charge in [0.15, 0.2) is 5.76 Å². The zero-order valence-corrected chi connectivity index (χ0v) is 12.5. The molecule has 6 heteroatoms. The van der Waals surface area contributed by atoms with Crippen LogP contribution in [0, 0.1) is 0 Å². The van der Waals surface area contributed by atoms with Gasteiger partial charge in [-0.15, -0.1) is 0 Å². The van der Waals surface area contributed by atoms with E-state index in [1.54, 1.807) is 23.5 Å². The number of amides is 1. The minimum Gasteiger partial charge on any atom is -0.459 e. The van der Waals surface area contributed by atoms with E-state index in [4.69, 9.17) is 9.15 Å². The van der Waals surface area contributed by atoms with Crippen molar-refractivity contribution in [2.75, 3.05) is 32.8 Å². The van der Waals surface area contributed by atoms with Gasteiger partial charge < -0.3 is 14.5 Å². The summed E-state index contributed by atoms with van der Waals surface area (Å²) in [7, 11) is 0. The number of nitrogens with one attached hydrogen (secondary N) is 1. The summed E-state index contributed by atoms with van der Waals surface area (Å²) in [5, 5.41) is 7.16. The number of hydrogen-bond donors (Lipinski definition) is 1. The molecule has 1 fully saturated rings. The van der Waals surface area contributed by atoms with E-state index in [1.807, 2.05) is 0 Å². The number of nitrogens with zero attached hydrogens (tertiary/aromatic N) is 1. The zero-order valence-electron chi connectivity index (χ0n) is 11.7. The number of hydrogen-bond acceptors (Lipinski definition) is 5. The van der Waals surface area contributed by atoms with Crippen molar-refractivity contribution < 1.29 is 13.9 Å². The molecule has 0 aromatic carbocycles. The zero-order chi connectivity index (χ0) is 14.5. The van der Waals surface area contributed by atoms with Crippen LogP contribution in [0.1, 0.15) is 22.2 Å². The highest BCUT2D eigenvalue weighted by Crippen LogP contribution is 2.23. The number of thiophene rings is 1. The summed E-state index contributed by atoms with van der Waals surface area (Å²) >= 11 is 1.67. The molecule has 0 aliphatic carbocycles. The SMILES string of the molecule is O=C(NC[C@@H](c1ccsc1)N1CCOCC1)c1ccco1. The van der Waals surface area contributed by atoms with E-state index in [1.165, 1.54) is 11.8 Å². The molecule has 1 aliphatic heterocycles. The molecule has 3 rings (SSSR count). The Balaban J connectivity index is 1.66. The van der Waals surface area contributed by atoms with Crippen molar-refractivity contribution in [1.82, 2.24) is 10.2 Å². The van der Waals surface area contributed by atoms with Gasteiger partial charge in [-0.25, -0.2) is 0 Å². The fraction of sp³-hybridized carbons (Fsp3) is 0.400. The molecule has 1 atom stereocenters. The minimum absolute atomic E-state index is 0.173. The molecule has 1 saturated heterocycles. The Morgan fingerprint density at radius 2 is 2.24 bits per heavy atom. The van der Waals surface area contributed by atoms with Gasteiger partial charge in [-0.2, -0.15) is 11.3 Å². The van der Waals surface area contributed by atoms with E-state index in [0.717, 1.165) is 26.3 Å². The van der Waals surface area contributed by atoms with Crippen molar-refractivity contribution in [3.63, 3.8) is 0 Å². The number of furan rings is 1. The van der Waals surface area contributed by atoms with Crippen LogP contribution < -0.4 is 5.32 Å². The van der Waals surface area contributed by atoms with Crippen LogP contribution in [-0.4, -0.2) is 43.7 Å². The van der Waals surface area contributed by atoms with Crippen molar-refractivity contribution in [3.05, 3.63) is 46.5 Å². The van der Waals surface area contributed by atoms with E-state index >= 15 is 0 Å². The van der Waals surface area contributed by atoms with E-state index < -0.39 is 0 Å². The lowest BCUT2D eigenvalue weighted by atomic mass is 10.1. The standard InChI is InChI=1S/C15H18N2O3S/c18-15(14-2-1-6-20-14)16-10-13(12-3-9-21-11-12)17-4-7-19-8-5-17/h1-3,6,9,11,13H,4-5,7-8,10H2,(H,16,18)/t13-/m0/s1. The summed E-state index contributed by atoms with van der Waals surface area (Å²) in [6.07, 6.45) is 1.51. The van der Waals surface area contributed by atoms with E-state index in [9.17, 15) is 4.79 Å². The Morgan fingerprint density at radius 1 is 1.38 bits per heavy atom. The van der Waals surface area contributed by atoms with Crippen LogP contribution in [0.4, 0.5) is 0 Å². The van der Waals surface area contributed by atoms with Gasteiger partial charge in [0, 0.05) is 19.6 Å². The second-order valence-electron chi connectivity index (χ2n) is 4.91. The quantitative estimate of drug-likeness (QED) is 0.919. The first-order valence-corrected chi connectivity index (χ1v) is 7.94. The van der Waals surface area contributed by atoms with Gasteiger partial charge in [0.2, 0.25) is 0 Å². The predicted molar refractivity (Wildman–Crippen MR) is 80.5 cm³/mol. The molecule has 2 aromatic rings. The molecule has 3 heterocycles. The highest BCUT2D eigenvalue weighted by Gasteiger charge is 2.23. The number of carbonyl (C=O) groups is 1. The van der Waals surface area contributed by atoms with Crippen LogP contribution in [-0.2, 0) is 4.74 Å². The van der Waals surface area contributed by atoms with E-state index in [-0.39, 0.29) is 11.9 Å². The number of rotatable bonds is 5. The average Bonchev–Trinajstić information content (AvgIpc) is 3.22. The van der Waals surface area contributed by atoms with Crippen molar-refractivity contribution in [1.29, 1.82) is 0 Å². The molecular formula is C15H18N2O3S. The molecular weight excluding hydrogens is 288 g/mol. The molecule has 0 saturated carbocycles. The Bertz CT molecular complexity index is 548. The molecule has 1 N–H and O–H groups in total. The summed E-state index contributed by atoms with van der Waals surface area (Å²) < 4.78 is 10.5. The molecule has 112 valence electrons. The monoisotopic (exact) mass is 306 g/mol. The molecule has 0 spiro atoms. The van der Waals surface area contributed by atoms with Gasteiger partial charge >= 0.3 is 0 Å². The van der Waals surface area contributed by atoms with Gasteiger partial charge in [0.05, 0.1) is 25.5 Å². The fourth-order valence-corrected chi connectivity index (χ4v) is 3.20. The largest absolute Gasteiger partial charge is 0.459 e. The maximum atomic E-state index is 12.0. The Morgan fingerprint density at radius 3 is 2.90 bits per heavy atom. The van der Waals surface area contributed by atoms with Crippen LogP contribution in [0.25, 0.3) is 0 Å². The molecule has 0 bridgehead atoms. The average molecular weight is 306 g/mol. The molecule has 21 heavy (non-hydrogen) atoms. The number of ether oxygens (including phenoxy) is 1. The number of carbonyl (C=O) groups excluding carboxylic acids is 1. The summed E-state index contributed by atoms with van der Waals surface area (Å²) in [5.74, 6) is 0.175. The van der Waals surface area contributed by atoms with Crippen molar-refractivity contribution in [3.8, 4) is 0 Å². The Hall–Kier alpha value is -1.63. The van der Waals surface area contributed by atoms with Gasteiger partial charge in [-0.3, -0.25) is 9.69 Å². The summed E-state index contributed by atoms with van der Waals surface area (Å²) in [6.45, 7) is 3.82. The fourth-order valence-electron chi connectivity index (χ4n) is 2.50. The first kappa shape index (κ1) is 14.3. The second-order valence-corrected chi connectivity index (χ2v) is 5.69. The van der Waals surface area contributed by atoms with Crippen molar-refractivity contribution in [2.45, 2.75) is 6.04 Å². The maximum Gasteiger partial charge on any atom is 0.287 e. The second kappa shape index (κ2) is 6.89. The lowest BCUT2D eigenvalue weighted by Crippen LogP contribution is -2.43. The van der Waals surface area contributed by atoms with Crippen molar-refractivity contribution in [2.24, 2.45) is 0 Å². The van der Waals surface area contributed by atoms with E-state index in [0.29, 0.717) is 12.3 Å². The van der Waals surface area contributed by atoms with Gasteiger partial charge in [0.25, 0.3) is 5.91 Å². The van der Waals surface area contributed by atoms with Crippen molar-refractivity contribution >= 4 is 17.2 Å². The minimum atomic E-state index is -0.173. The molecule has 2 aromatic heterocycles. The normalized spacial score (nSPS) is 17.5. The molecule has 0 radical (unpaired) electrons. The third-order valence-electron chi connectivity index (χ3n) is 3.62. The summed E-state index contributed by atoms with van der Waals surface area (Å²) in [5.41, 5.74) is 1.24. The topological polar surface area (TPSA) is 54.7 Å². The first-order chi connectivity index (χ1) is 10.3. The van der Waals surface area contributed by atoms with Crippen LogP contribution >= 0.6 is 11.3 Å². The molecule has 5 nitrogen and oxygen atoms in total. The maximum absolute atomic E-state index is 12.0. The predicted octanol–water partition coefficient (Wildman–Crippen LogP) is 2.14. The summed E-state index contributed by atoms with van der Waals surface area (Å²) in [4.78, 5) is 14.4. The highest BCUT2D eigenvalue weighted by molar-refractivity contribution is 7.07. The molecule has 0 unspecified atom stereocenters. The Kier molecular flexibility index (Phi) is 4.69. The third kappa shape index (κ3) is 3.53. The van der Waals surface area contributed by atoms with Crippen LogP contribution in [0.5, 0.6) is 0 Å². The first-order valence-electron chi connectivity index (χ1n) is 7.00. The molecule has 1 amide bonds. The van der Waals surface area contributed by atoms with E-state index in [2.05, 4.69) is 27.0 Å². The van der Waals surface area contributed by atoms with Crippen LogP contribution in [0.2, 0.25) is 0 Å². The van der Waals surface area contributed by atoms with Crippen LogP contribution in [0.3, 0.4) is 0 Å². The smallest absolute Gasteiger partial charge is 0.287 e. The van der Waals surface area contributed by atoms with Gasteiger partial charge in [0.1, 0.15) is 0 Å². The lowest BCUT2D eigenvalue weighted by molar-refractivity contribution is 0.0162. The number of morpholine rings is 1. The van der Waals surface area contributed by atoms with Gasteiger partial charge in [-0.1, -0.05) is 0 Å². The van der Waals surface area contributed by atoms with Gasteiger partial charge in [-0.05, 0) is 34.5 Å². The summed E-state index contributed by atoms with van der Waals surface area (Å²) in [6, 6.07) is 5.68. The van der Waals surface area contributed by atoms with Crippen LogP contribution in [0.15, 0.2) is 39.6 Å². The highest BCUT2D eigenvalue weighted by atomic mass is 32.1.